The summed E-state index contributed by atoms with van der Waals surface area (Å²) < 4.78 is 33.1. The van der Waals surface area contributed by atoms with Gasteiger partial charge in [0.05, 0.1) is 12.6 Å². The Morgan fingerprint density at radius 2 is 2.00 bits per heavy atom. The van der Waals surface area contributed by atoms with Gasteiger partial charge in [0.25, 0.3) is 0 Å². The van der Waals surface area contributed by atoms with Crippen LogP contribution in [-0.4, -0.2) is 11.1 Å². The first-order valence-electron chi connectivity index (χ1n) is 5.95. The third-order valence-corrected chi connectivity index (χ3v) is 3.46. The molecule has 2 rings (SSSR count). The average Bonchev–Trinajstić information content (AvgIpc) is 2.77. The number of ether oxygens (including phenoxy) is 1. The van der Waals surface area contributed by atoms with Gasteiger partial charge in [0.15, 0.2) is 21.9 Å². The number of anilines is 1. The lowest BCUT2D eigenvalue weighted by Crippen LogP contribution is -2.09. The van der Waals surface area contributed by atoms with Gasteiger partial charge in [-0.25, -0.2) is 13.8 Å². The van der Waals surface area contributed by atoms with Crippen molar-refractivity contribution < 1.29 is 13.5 Å². The third kappa shape index (κ3) is 3.80. The zero-order chi connectivity index (χ0) is 14.7. The van der Waals surface area contributed by atoms with Gasteiger partial charge in [0.1, 0.15) is 0 Å². The highest BCUT2D eigenvalue weighted by Gasteiger charge is 2.14. The monoisotopic (exact) mass is 318 g/mol. The molecule has 2 aromatic rings. The van der Waals surface area contributed by atoms with E-state index in [1.807, 2.05) is 0 Å². The lowest BCUT2D eigenvalue weighted by Gasteiger charge is -2.13. The van der Waals surface area contributed by atoms with E-state index in [-0.39, 0.29) is 11.9 Å². The van der Waals surface area contributed by atoms with Crippen LogP contribution < -0.4 is 10.1 Å². The number of hydrogen-bond acceptors (Lipinski definition) is 4. The Bertz CT molecular complexity index is 581. The molecule has 0 amide bonds. The minimum Gasteiger partial charge on any atom is -0.485 e. The second kappa shape index (κ2) is 6.37. The fraction of sp³-hybridized carbons (Fsp3) is 0.308. The first kappa shape index (κ1) is 15.0. The van der Waals surface area contributed by atoms with Crippen molar-refractivity contribution in [2.24, 2.45) is 0 Å². The van der Waals surface area contributed by atoms with E-state index in [0.717, 1.165) is 4.88 Å². The molecule has 0 saturated heterocycles. The molecule has 0 radical (unpaired) electrons. The van der Waals surface area contributed by atoms with Crippen LogP contribution >= 0.6 is 22.9 Å². The standard InChI is InChI=1S/C13H13ClF2N2OS/c1-7(2)19-12-10(15)3-8(4-11(12)16)17-5-9-6-18-13(14)20-9/h3-4,6-7,17H,5H2,1-2H3. The summed E-state index contributed by atoms with van der Waals surface area (Å²) in [6.45, 7) is 3.81. The maximum absolute atomic E-state index is 13.8. The molecule has 1 aromatic heterocycles. The van der Waals surface area contributed by atoms with E-state index in [4.69, 9.17) is 16.3 Å². The van der Waals surface area contributed by atoms with Crippen molar-refractivity contribution >= 4 is 28.6 Å². The summed E-state index contributed by atoms with van der Waals surface area (Å²) in [5.41, 5.74) is 0.334. The van der Waals surface area contributed by atoms with Crippen molar-refractivity contribution in [1.29, 1.82) is 0 Å². The van der Waals surface area contributed by atoms with E-state index >= 15 is 0 Å². The number of aromatic nitrogens is 1. The smallest absolute Gasteiger partial charge is 0.191 e. The Labute approximate surface area is 124 Å². The highest BCUT2D eigenvalue weighted by molar-refractivity contribution is 7.15. The number of hydrogen-bond donors (Lipinski definition) is 1. The van der Waals surface area contributed by atoms with Gasteiger partial charge in [-0.1, -0.05) is 11.6 Å². The number of rotatable bonds is 5. The molecule has 0 aliphatic rings. The summed E-state index contributed by atoms with van der Waals surface area (Å²) in [5.74, 6) is -1.82. The SMILES string of the molecule is CC(C)Oc1c(F)cc(NCc2cnc(Cl)s2)cc1F. The van der Waals surface area contributed by atoms with Gasteiger partial charge in [0.2, 0.25) is 0 Å². The molecular weight excluding hydrogens is 306 g/mol. The molecule has 3 nitrogen and oxygen atoms in total. The number of halogens is 3. The summed E-state index contributed by atoms with van der Waals surface area (Å²) in [5, 5.41) is 2.91. The van der Waals surface area contributed by atoms with Crippen molar-refractivity contribution in [3.8, 4) is 5.75 Å². The molecule has 108 valence electrons. The Morgan fingerprint density at radius 1 is 1.35 bits per heavy atom. The van der Waals surface area contributed by atoms with E-state index < -0.39 is 11.6 Å². The second-order valence-electron chi connectivity index (χ2n) is 4.37. The predicted molar refractivity (Wildman–Crippen MR) is 76.6 cm³/mol. The predicted octanol–water partition coefficient (Wildman–Crippen LogP) is 4.47. The van der Waals surface area contributed by atoms with Gasteiger partial charge in [-0.15, -0.1) is 11.3 Å². The topological polar surface area (TPSA) is 34.1 Å². The fourth-order valence-corrected chi connectivity index (χ4v) is 2.48. The number of nitrogens with zero attached hydrogens (tertiary/aromatic N) is 1. The van der Waals surface area contributed by atoms with E-state index in [1.54, 1.807) is 20.0 Å². The van der Waals surface area contributed by atoms with Crippen LogP contribution in [0.4, 0.5) is 14.5 Å². The second-order valence-corrected chi connectivity index (χ2v) is 6.07. The molecule has 1 aromatic carbocycles. The first-order valence-corrected chi connectivity index (χ1v) is 7.15. The van der Waals surface area contributed by atoms with E-state index in [1.165, 1.54) is 23.5 Å². The van der Waals surface area contributed by atoms with Crippen LogP contribution in [0, 0.1) is 11.6 Å². The van der Waals surface area contributed by atoms with Crippen LogP contribution in [0.1, 0.15) is 18.7 Å². The molecule has 0 spiro atoms. The van der Waals surface area contributed by atoms with Crippen LogP contribution in [0.25, 0.3) is 0 Å². The molecule has 20 heavy (non-hydrogen) atoms. The van der Waals surface area contributed by atoms with Gasteiger partial charge >= 0.3 is 0 Å². The molecular formula is C13H13ClF2N2OS. The third-order valence-electron chi connectivity index (χ3n) is 2.34. The normalized spacial score (nSPS) is 10.9. The summed E-state index contributed by atoms with van der Waals surface area (Å²) >= 11 is 7.01. The van der Waals surface area contributed by atoms with Crippen molar-refractivity contribution in [2.45, 2.75) is 26.5 Å². The summed E-state index contributed by atoms with van der Waals surface area (Å²) in [7, 11) is 0. The van der Waals surface area contributed by atoms with E-state index in [2.05, 4.69) is 10.3 Å². The zero-order valence-corrected chi connectivity index (χ0v) is 12.5. The maximum atomic E-state index is 13.8. The minimum atomic E-state index is -0.733. The van der Waals surface area contributed by atoms with Crippen LogP contribution in [0.2, 0.25) is 4.47 Å². The van der Waals surface area contributed by atoms with Crippen molar-refractivity contribution in [2.75, 3.05) is 5.32 Å². The molecule has 0 unspecified atom stereocenters. The Balaban J connectivity index is 2.09. The molecule has 1 heterocycles. The lowest BCUT2D eigenvalue weighted by atomic mass is 10.2. The van der Waals surface area contributed by atoms with Crippen LogP contribution in [0.3, 0.4) is 0 Å². The number of benzene rings is 1. The van der Waals surface area contributed by atoms with Gasteiger partial charge in [-0.05, 0) is 13.8 Å². The highest BCUT2D eigenvalue weighted by Crippen LogP contribution is 2.27. The van der Waals surface area contributed by atoms with Gasteiger partial charge in [-0.3, -0.25) is 0 Å². The number of thiazole rings is 1. The minimum absolute atomic E-state index is 0.294. The summed E-state index contributed by atoms with van der Waals surface area (Å²) in [6, 6.07) is 2.40. The van der Waals surface area contributed by atoms with Crippen LogP contribution in [0.15, 0.2) is 18.3 Å². The molecule has 7 heteroatoms. The van der Waals surface area contributed by atoms with E-state index in [0.29, 0.717) is 16.7 Å². The summed E-state index contributed by atoms with van der Waals surface area (Å²) in [4.78, 5) is 4.76. The van der Waals surface area contributed by atoms with Crippen molar-refractivity contribution in [1.82, 2.24) is 4.98 Å². The quantitative estimate of drug-likeness (QED) is 0.883. The highest BCUT2D eigenvalue weighted by atomic mass is 35.5. The summed E-state index contributed by atoms with van der Waals surface area (Å²) in [6.07, 6.45) is 1.32. The van der Waals surface area contributed by atoms with E-state index in [9.17, 15) is 8.78 Å². The van der Waals surface area contributed by atoms with Gasteiger partial charge in [-0.2, -0.15) is 0 Å². The maximum Gasteiger partial charge on any atom is 0.191 e. The zero-order valence-electron chi connectivity index (χ0n) is 10.9. The van der Waals surface area contributed by atoms with Gasteiger partial charge in [0, 0.05) is 28.9 Å². The van der Waals surface area contributed by atoms with Crippen LogP contribution in [0.5, 0.6) is 5.75 Å². The Kier molecular flexibility index (Phi) is 4.77. The average molecular weight is 319 g/mol. The van der Waals surface area contributed by atoms with Crippen LogP contribution in [-0.2, 0) is 6.54 Å². The molecule has 0 aliphatic carbocycles. The molecule has 0 fully saturated rings. The van der Waals surface area contributed by atoms with Gasteiger partial charge < -0.3 is 10.1 Å². The van der Waals surface area contributed by atoms with Crippen molar-refractivity contribution in [3.63, 3.8) is 0 Å². The molecule has 0 saturated carbocycles. The Morgan fingerprint density at radius 3 is 2.50 bits per heavy atom. The fourth-order valence-electron chi connectivity index (χ4n) is 1.56. The molecule has 1 N–H and O–H groups in total. The number of nitrogens with one attached hydrogen (secondary N) is 1. The molecule has 0 aliphatic heterocycles. The first-order chi connectivity index (χ1) is 9.45. The van der Waals surface area contributed by atoms with Crippen molar-refractivity contribution in [3.05, 3.63) is 39.3 Å². The molecule has 0 bridgehead atoms. The largest absolute Gasteiger partial charge is 0.485 e. The lowest BCUT2D eigenvalue weighted by molar-refractivity contribution is 0.219. The Hall–Kier alpha value is -1.40. The molecule has 0 atom stereocenters.